The van der Waals surface area contributed by atoms with Crippen LogP contribution in [0, 0.1) is 0 Å². The SMILES string of the molecule is NN1CCC2(CC1)C(=O)Nc1cc(-c3ccc4cnn(Cc5ccc6ncccc6c5)c4c3)ccc12. The number of amides is 1. The minimum absolute atomic E-state index is 0.0989. The lowest BCUT2D eigenvalue weighted by atomic mass is 9.74. The van der Waals surface area contributed by atoms with Gasteiger partial charge in [0, 0.05) is 35.7 Å². The Balaban J connectivity index is 1.22. The third-order valence-electron chi connectivity index (χ3n) is 7.85. The Kier molecular flexibility index (Phi) is 4.71. The molecule has 178 valence electrons. The summed E-state index contributed by atoms with van der Waals surface area (Å²) in [7, 11) is 0. The summed E-state index contributed by atoms with van der Waals surface area (Å²) in [4.78, 5) is 17.4. The number of carbonyl (C=O) groups is 1. The van der Waals surface area contributed by atoms with Crippen LogP contribution in [-0.2, 0) is 16.8 Å². The predicted octanol–water partition coefficient (Wildman–Crippen LogP) is 4.46. The molecule has 1 saturated heterocycles. The summed E-state index contributed by atoms with van der Waals surface area (Å²) in [6.45, 7) is 2.13. The number of fused-ring (bicyclic) bond motifs is 4. The zero-order chi connectivity index (χ0) is 24.3. The van der Waals surface area contributed by atoms with Gasteiger partial charge >= 0.3 is 0 Å². The van der Waals surface area contributed by atoms with Crippen LogP contribution in [0.3, 0.4) is 0 Å². The van der Waals surface area contributed by atoms with Gasteiger partial charge in [-0.3, -0.25) is 20.3 Å². The minimum atomic E-state index is -0.457. The van der Waals surface area contributed by atoms with Crippen molar-refractivity contribution in [3.05, 3.63) is 90.3 Å². The molecule has 0 atom stereocenters. The second-order valence-electron chi connectivity index (χ2n) is 9.94. The van der Waals surface area contributed by atoms with Crippen LogP contribution in [0.1, 0.15) is 24.0 Å². The van der Waals surface area contributed by atoms with Gasteiger partial charge in [0.15, 0.2) is 0 Å². The second kappa shape index (κ2) is 7.98. The van der Waals surface area contributed by atoms with Crippen molar-refractivity contribution in [1.82, 2.24) is 19.8 Å². The molecule has 0 aliphatic carbocycles. The van der Waals surface area contributed by atoms with Crippen LogP contribution in [0.15, 0.2) is 79.1 Å². The number of hydrazine groups is 1. The first-order chi connectivity index (χ1) is 17.6. The van der Waals surface area contributed by atoms with Crippen molar-refractivity contribution in [1.29, 1.82) is 0 Å². The van der Waals surface area contributed by atoms with Gasteiger partial charge in [-0.05, 0) is 65.4 Å². The molecule has 5 aromatic rings. The molecule has 7 rings (SSSR count). The Morgan fingerprint density at radius 2 is 1.78 bits per heavy atom. The van der Waals surface area contributed by atoms with E-state index in [1.54, 1.807) is 5.01 Å². The van der Waals surface area contributed by atoms with E-state index < -0.39 is 5.41 Å². The summed E-state index contributed by atoms with van der Waals surface area (Å²) in [6.07, 6.45) is 5.23. The zero-order valence-electron chi connectivity index (χ0n) is 19.8. The number of anilines is 1. The number of piperidine rings is 1. The molecule has 4 heterocycles. The lowest BCUT2D eigenvalue weighted by Gasteiger charge is -2.35. The second-order valence-corrected chi connectivity index (χ2v) is 9.94. The molecule has 2 aliphatic heterocycles. The highest BCUT2D eigenvalue weighted by atomic mass is 16.2. The van der Waals surface area contributed by atoms with Crippen LogP contribution in [0.2, 0.25) is 0 Å². The number of nitrogens with zero attached hydrogens (tertiary/aromatic N) is 4. The van der Waals surface area contributed by atoms with Crippen molar-refractivity contribution in [3.63, 3.8) is 0 Å². The smallest absolute Gasteiger partial charge is 0.235 e. The lowest BCUT2D eigenvalue weighted by molar-refractivity contribution is -0.122. The van der Waals surface area contributed by atoms with E-state index in [-0.39, 0.29) is 5.91 Å². The van der Waals surface area contributed by atoms with Gasteiger partial charge in [0.25, 0.3) is 0 Å². The molecule has 7 nitrogen and oxygen atoms in total. The van der Waals surface area contributed by atoms with Gasteiger partial charge < -0.3 is 5.32 Å². The largest absolute Gasteiger partial charge is 0.325 e. The molecule has 3 N–H and O–H groups in total. The summed E-state index contributed by atoms with van der Waals surface area (Å²) in [5.74, 6) is 6.06. The number of carbonyl (C=O) groups excluding carboxylic acids is 1. The van der Waals surface area contributed by atoms with E-state index in [1.165, 1.54) is 5.56 Å². The number of aromatic nitrogens is 3. The van der Waals surface area contributed by atoms with Gasteiger partial charge in [0.1, 0.15) is 0 Å². The van der Waals surface area contributed by atoms with Crippen LogP contribution < -0.4 is 11.2 Å². The van der Waals surface area contributed by atoms with Crippen LogP contribution in [-0.4, -0.2) is 38.8 Å². The number of nitrogens with two attached hydrogens (primary N) is 1. The molecule has 0 unspecified atom stereocenters. The Morgan fingerprint density at radius 1 is 0.944 bits per heavy atom. The Bertz CT molecular complexity index is 1650. The standard InChI is InChI=1S/C29H26N6O/c30-34-12-9-29(10-13-34)24-7-6-20(15-26(24)33-28(29)36)21-4-5-23-17-32-35(27(23)16-21)18-19-3-8-25-22(14-19)2-1-11-31-25/h1-8,11,14-17H,9-10,12-13,18,30H2,(H,33,36). The molecule has 1 amide bonds. The Morgan fingerprint density at radius 3 is 2.67 bits per heavy atom. The average molecular weight is 475 g/mol. The zero-order valence-corrected chi connectivity index (χ0v) is 19.8. The number of hydrogen-bond donors (Lipinski definition) is 2. The molecule has 3 aromatic carbocycles. The van der Waals surface area contributed by atoms with Crippen molar-refractivity contribution < 1.29 is 4.79 Å². The molecule has 2 aliphatic rings. The average Bonchev–Trinajstić information content (AvgIpc) is 3.43. The lowest BCUT2D eigenvalue weighted by Crippen LogP contribution is -2.48. The van der Waals surface area contributed by atoms with E-state index in [1.807, 2.05) is 23.1 Å². The van der Waals surface area contributed by atoms with Crippen molar-refractivity contribution in [2.45, 2.75) is 24.8 Å². The number of benzene rings is 3. The number of hydrogen-bond acceptors (Lipinski definition) is 5. The van der Waals surface area contributed by atoms with Gasteiger partial charge in [-0.15, -0.1) is 0 Å². The molecule has 0 saturated carbocycles. The van der Waals surface area contributed by atoms with Crippen LogP contribution in [0.5, 0.6) is 0 Å². The molecule has 7 heteroatoms. The van der Waals surface area contributed by atoms with E-state index in [2.05, 4.69) is 76.1 Å². The van der Waals surface area contributed by atoms with E-state index in [9.17, 15) is 4.79 Å². The normalized spacial score (nSPS) is 17.1. The molecular weight excluding hydrogens is 448 g/mol. The first-order valence-electron chi connectivity index (χ1n) is 12.3. The Labute approximate surface area is 208 Å². The van der Waals surface area contributed by atoms with Gasteiger partial charge in [-0.1, -0.05) is 36.4 Å². The number of pyridine rings is 1. The first-order valence-corrected chi connectivity index (χ1v) is 12.3. The van der Waals surface area contributed by atoms with Crippen LogP contribution >= 0.6 is 0 Å². The van der Waals surface area contributed by atoms with E-state index in [4.69, 9.17) is 5.84 Å². The molecule has 36 heavy (non-hydrogen) atoms. The topological polar surface area (TPSA) is 89.1 Å². The molecule has 0 radical (unpaired) electrons. The van der Waals surface area contributed by atoms with Gasteiger partial charge in [0.2, 0.25) is 5.91 Å². The fourth-order valence-electron chi connectivity index (χ4n) is 5.78. The highest BCUT2D eigenvalue weighted by Gasteiger charge is 2.48. The van der Waals surface area contributed by atoms with Gasteiger partial charge in [-0.2, -0.15) is 5.10 Å². The third kappa shape index (κ3) is 3.31. The molecule has 2 aromatic heterocycles. The maximum atomic E-state index is 13.0. The summed E-state index contributed by atoms with van der Waals surface area (Å²) in [5.41, 5.74) is 6.99. The fourth-order valence-corrected chi connectivity index (χ4v) is 5.78. The van der Waals surface area contributed by atoms with E-state index >= 15 is 0 Å². The summed E-state index contributed by atoms with van der Waals surface area (Å²) < 4.78 is 2.04. The summed E-state index contributed by atoms with van der Waals surface area (Å²) >= 11 is 0. The van der Waals surface area contributed by atoms with Gasteiger partial charge in [0.05, 0.1) is 29.2 Å². The van der Waals surface area contributed by atoms with Crippen LogP contribution in [0.4, 0.5) is 5.69 Å². The number of nitrogens with one attached hydrogen (secondary N) is 1. The molecule has 1 spiro atoms. The van der Waals surface area contributed by atoms with E-state index in [0.717, 1.165) is 70.1 Å². The third-order valence-corrected chi connectivity index (χ3v) is 7.85. The van der Waals surface area contributed by atoms with Gasteiger partial charge in [-0.25, -0.2) is 5.01 Å². The van der Waals surface area contributed by atoms with Crippen molar-refractivity contribution >= 4 is 33.4 Å². The fraction of sp³-hybridized carbons (Fsp3) is 0.207. The van der Waals surface area contributed by atoms with Crippen molar-refractivity contribution in [2.24, 2.45) is 5.84 Å². The summed E-state index contributed by atoms with van der Waals surface area (Å²) in [5, 5.41) is 11.8. The predicted molar refractivity (Wildman–Crippen MR) is 141 cm³/mol. The Hall–Kier alpha value is -4.07. The van der Waals surface area contributed by atoms with Crippen LogP contribution in [0.25, 0.3) is 32.9 Å². The summed E-state index contributed by atoms with van der Waals surface area (Å²) in [6, 6.07) is 23.2. The van der Waals surface area contributed by atoms with Crippen molar-refractivity contribution in [2.75, 3.05) is 18.4 Å². The highest BCUT2D eigenvalue weighted by Crippen LogP contribution is 2.45. The van der Waals surface area contributed by atoms with Crippen molar-refractivity contribution in [3.8, 4) is 11.1 Å². The monoisotopic (exact) mass is 474 g/mol. The van der Waals surface area contributed by atoms with E-state index in [0.29, 0.717) is 6.54 Å². The molecule has 0 bridgehead atoms. The maximum absolute atomic E-state index is 13.0. The molecular formula is C29H26N6O. The first kappa shape index (κ1) is 21.2. The quantitative estimate of drug-likeness (QED) is 0.377. The number of rotatable bonds is 3. The minimum Gasteiger partial charge on any atom is -0.325 e. The highest BCUT2D eigenvalue weighted by molar-refractivity contribution is 6.07. The maximum Gasteiger partial charge on any atom is 0.235 e. The molecule has 1 fully saturated rings.